The summed E-state index contributed by atoms with van der Waals surface area (Å²) in [4.78, 5) is 32.2. The average molecular weight is 441 g/mol. The molecule has 0 saturated carbocycles. The summed E-state index contributed by atoms with van der Waals surface area (Å²) < 4.78 is 9.56. The second-order valence-electron chi connectivity index (χ2n) is 5.26. The summed E-state index contributed by atoms with van der Waals surface area (Å²) in [6, 6.07) is 0. The number of halogens is 1. The van der Waals surface area contributed by atoms with Gasteiger partial charge in [-0.3, -0.25) is 14.4 Å². The Balaban J connectivity index is 0. The van der Waals surface area contributed by atoms with Gasteiger partial charge in [0.2, 0.25) is 0 Å². The van der Waals surface area contributed by atoms with E-state index in [2.05, 4.69) is 15.9 Å². The lowest BCUT2D eigenvalue weighted by Crippen LogP contribution is -2.03. The number of hydrogen-bond donors (Lipinski definition) is 0. The van der Waals surface area contributed by atoms with E-state index in [0.717, 1.165) is 49.6 Å². The molecule has 5 nitrogen and oxygen atoms in total. The standard InChI is InChI=1S/C10H18O3S.C8H15BrO2/c1-3-13-10(12)7-5-4-6-8-14-9(2)11;1-2-11-8(10)6-4-3-5-7-9/h3-8H2,1-2H3;2-7H2,1H3. The van der Waals surface area contributed by atoms with E-state index in [1.165, 1.54) is 11.8 Å². The van der Waals surface area contributed by atoms with Crippen molar-refractivity contribution >= 4 is 44.7 Å². The van der Waals surface area contributed by atoms with Gasteiger partial charge in [0.25, 0.3) is 0 Å². The molecular formula is C18H33BrO5S. The van der Waals surface area contributed by atoms with E-state index in [1.54, 1.807) is 13.8 Å². The van der Waals surface area contributed by atoms with Crippen LogP contribution in [0.4, 0.5) is 0 Å². The number of carbonyl (C=O) groups excluding carboxylic acids is 3. The van der Waals surface area contributed by atoms with Gasteiger partial charge >= 0.3 is 11.9 Å². The van der Waals surface area contributed by atoms with Gasteiger partial charge in [-0.25, -0.2) is 0 Å². The van der Waals surface area contributed by atoms with Crippen LogP contribution in [0.25, 0.3) is 0 Å². The molecule has 0 amide bonds. The number of alkyl halides is 1. The molecule has 0 atom stereocenters. The Kier molecular flexibility index (Phi) is 22.9. The highest BCUT2D eigenvalue weighted by atomic mass is 79.9. The Morgan fingerprint density at radius 1 is 0.800 bits per heavy atom. The number of esters is 2. The van der Waals surface area contributed by atoms with Crippen molar-refractivity contribution in [1.29, 1.82) is 0 Å². The van der Waals surface area contributed by atoms with Crippen LogP contribution in [0, 0.1) is 0 Å². The summed E-state index contributed by atoms with van der Waals surface area (Å²) in [5, 5.41) is 1.19. The molecule has 0 saturated heterocycles. The van der Waals surface area contributed by atoms with Crippen LogP contribution in [0.2, 0.25) is 0 Å². The molecule has 0 unspecified atom stereocenters. The van der Waals surface area contributed by atoms with Gasteiger partial charge in [0.1, 0.15) is 0 Å². The Morgan fingerprint density at radius 2 is 1.28 bits per heavy atom. The van der Waals surface area contributed by atoms with Crippen LogP contribution in [0.3, 0.4) is 0 Å². The monoisotopic (exact) mass is 440 g/mol. The maximum absolute atomic E-state index is 10.9. The second kappa shape index (κ2) is 21.5. The van der Waals surface area contributed by atoms with Crippen LogP contribution in [0.1, 0.15) is 72.1 Å². The van der Waals surface area contributed by atoms with E-state index in [0.29, 0.717) is 26.1 Å². The largest absolute Gasteiger partial charge is 0.466 e. The maximum Gasteiger partial charge on any atom is 0.305 e. The molecule has 148 valence electrons. The van der Waals surface area contributed by atoms with E-state index in [-0.39, 0.29) is 17.1 Å². The predicted molar refractivity (Wildman–Crippen MR) is 107 cm³/mol. The molecular weight excluding hydrogens is 408 g/mol. The molecule has 0 radical (unpaired) electrons. The molecule has 0 aromatic carbocycles. The molecule has 0 aromatic rings. The second-order valence-corrected chi connectivity index (χ2v) is 7.33. The fourth-order valence-corrected chi connectivity index (χ4v) is 2.80. The minimum Gasteiger partial charge on any atom is -0.466 e. The molecule has 0 N–H and O–H groups in total. The fourth-order valence-electron chi connectivity index (χ4n) is 1.77. The first-order chi connectivity index (χ1) is 12.0. The number of carbonyl (C=O) groups is 3. The van der Waals surface area contributed by atoms with Crippen LogP contribution >= 0.6 is 27.7 Å². The number of hydrogen-bond acceptors (Lipinski definition) is 6. The molecule has 0 aliphatic heterocycles. The van der Waals surface area contributed by atoms with Crippen LogP contribution in [0.15, 0.2) is 0 Å². The zero-order valence-corrected chi connectivity index (χ0v) is 18.2. The third-order valence-corrected chi connectivity index (χ3v) is 4.42. The van der Waals surface area contributed by atoms with Crippen LogP contribution in [0.5, 0.6) is 0 Å². The highest BCUT2D eigenvalue weighted by Crippen LogP contribution is 2.08. The molecule has 25 heavy (non-hydrogen) atoms. The van der Waals surface area contributed by atoms with Crippen molar-refractivity contribution in [2.75, 3.05) is 24.3 Å². The van der Waals surface area contributed by atoms with Gasteiger partial charge in [-0.15, -0.1) is 0 Å². The summed E-state index contributed by atoms with van der Waals surface area (Å²) in [5.41, 5.74) is 0. The molecule has 0 fully saturated rings. The van der Waals surface area contributed by atoms with Crippen molar-refractivity contribution in [2.24, 2.45) is 0 Å². The molecule has 0 heterocycles. The van der Waals surface area contributed by atoms with Crippen molar-refractivity contribution < 1.29 is 23.9 Å². The van der Waals surface area contributed by atoms with Crippen molar-refractivity contribution in [1.82, 2.24) is 0 Å². The Bertz CT molecular complexity index is 350. The fraction of sp³-hybridized carbons (Fsp3) is 0.833. The third-order valence-electron chi connectivity index (χ3n) is 2.96. The Hall–Kier alpha value is -0.560. The van der Waals surface area contributed by atoms with Gasteiger partial charge in [-0.2, -0.15) is 0 Å². The van der Waals surface area contributed by atoms with Crippen molar-refractivity contribution in [3.63, 3.8) is 0 Å². The van der Waals surface area contributed by atoms with Gasteiger partial charge < -0.3 is 9.47 Å². The minimum absolute atomic E-state index is 0.0675. The third kappa shape index (κ3) is 25.8. The smallest absolute Gasteiger partial charge is 0.305 e. The lowest BCUT2D eigenvalue weighted by atomic mass is 10.2. The Morgan fingerprint density at radius 3 is 1.68 bits per heavy atom. The van der Waals surface area contributed by atoms with E-state index >= 15 is 0 Å². The summed E-state index contributed by atoms with van der Waals surface area (Å²) >= 11 is 4.68. The van der Waals surface area contributed by atoms with E-state index in [1.807, 2.05) is 6.92 Å². The van der Waals surface area contributed by atoms with Gasteiger partial charge in [-0.05, 0) is 39.5 Å². The first-order valence-electron chi connectivity index (χ1n) is 8.98. The summed E-state index contributed by atoms with van der Waals surface area (Å²) in [6.07, 6.45) is 7.09. The van der Waals surface area contributed by atoms with Crippen LogP contribution in [-0.2, 0) is 23.9 Å². The quantitative estimate of drug-likeness (QED) is 0.230. The van der Waals surface area contributed by atoms with Gasteiger partial charge in [0, 0.05) is 30.8 Å². The zero-order valence-electron chi connectivity index (χ0n) is 15.8. The summed E-state index contributed by atoms with van der Waals surface area (Å²) in [7, 11) is 0. The van der Waals surface area contributed by atoms with Crippen molar-refractivity contribution in [3.05, 3.63) is 0 Å². The van der Waals surface area contributed by atoms with Crippen molar-refractivity contribution in [2.45, 2.75) is 72.1 Å². The topological polar surface area (TPSA) is 69.7 Å². The van der Waals surface area contributed by atoms with Gasteiger partial charge in [0.05, 0.1) is 13.2 Å². The number of rotatable bonds is 13. The summed E-state index contributed by atoms with van der Waals surface area (Å²) in [5.74, 6) is 0.673. The van der Waals surface area contributed by atoms with E-state index in [9.17, 15) is 14.4 Å². The molecule has 0 bridgehead atoms. The number of unbranched alkanes of at least 4 members (excludes halogenated alkanes) is 4. The lowest BCUT2D eigenvalue weighted by Gasteiger charge is -2.01. The maximum atomic E-state index is 10.9. The molecule has 0 aliphatic rings. The van der Waals surface area contributed by atoms with Crippen LogP contribution in [-0.4, -0.2) is 41.4 Å². The molecule has 0 rings (SSSR count). The number of ether oxygens (including phenoxy) is 2. The highest BCUT2D eigenvalue weighted by Gasteiger charge is 2.01. The van der Waals surface area contributed by atoms with Gasteiger partial charge in [0.15, 0.2) is 5.12 Å². The lowest BCUT2D eigenvalue weighted by molar-refractivity contribution is -0.144. The normalized spacial score (nSPS) is 9.76. The average Bonchev–Trinajstić information content (AvgIpc) is 2.56. The predicted octanol–water partition coefficient (Wildman–Crippen LogP) is 4.89. The first kappa shape index (κ1) is 26.7. The molecule has 0 aromatic heterocycles. The SMILES string of the molecule is CCOC(=O)CCCCCBr.CCOC(=O)CCCCCSC(C)=O. The first-order valence-corrected chi connectivity index (χ1v) is 11.1. The summed E-state index contributed by atoms with van der Waals surface area (Å²) in [6.45, 7) is 6.16. The zero-order chi connectivity index (χ0) is 19.3. The Labute approximate surface area is 165 Å². The minimum atomic E-state index is -0.119. The van der Waals surface area contributed by atoms with E-state index in [4.69, 9.17) is 9.47 Å². The number of thioether (sulfide) groups is 1. The van der Waals surface area contributed by atoms with Crippen molar-refractivity contribution in [3.8, 4) is 0 Å². The highest BCUT2D eigenvalue weighted by molar-refractivity contribution is 9.09. The van der Waals surface area contributed by atoms with E-state index < -0.39 is 0 Å². The molecule has 0 spiro atoms. The molecule has 7 heteroatoms. The molecule has 0 aliphatic carbocycles. The van der Waals surface area contributed by atoms with Crippen LogP contribution < -0.4 is 0 Å². The van der Waals surface area contributed by atoms with Gasteiger partial charge in [-0.1, -0.05) is 40.5 Å².